The van der Waals surface area contributed by atoms with Gasteiger partial charge >= 0.3 is 5.97 Å². The normalized spacial score (nSPS) is 11.0. The third kappa shape index (κ3) is 4.64. The van der Waals surface area contributed by atoms with Crippen LogP contribution in [0.1, 0.15) is 42.8 Å². The highest BCUT2D eigenvalue weighted by Gasteiger charge is 2.08. The number of carbonyl (C=O) groups excluding carboxylic acids is 1. The van der Waals surface area contributed by atoms with E-state index in [4.69, 9.17) is 11.6 Å². The largest absolute Gasteiger partial charge is 0.469 e. The van der Waals surface area contributed by atoms with Crippen LogP contribution >= 0.6 is 22.9 Å². The van der Waals surface area contributed by atoms with E-state index < -0.39 is 0 Å². The number of fused-ring (bicyclic) bond motifs is 1. The van der Waals surface area contributed by atoms with Crippen LogP contribution in [0.3, 0.4) is 0 Å². The summed E-state index contributed by atoms with van der Waals surface area (Å²) in [6, 6.07) is 2.03. The van der Waals surface area contributed by atoms with E-state index in [9.17, 15) is 4.79 Å². The van der Waals surface area contributed by atoms with E-state index >= 15 is 0 Å². The molecular weight excluding hydrogens is 308 g/mol. The fourth-order valence-corrected chi connectivity index (χ4v) is 3.36. The minimum absolute atomic E-state index is 0.136. The van der Waals surface area contributed by atoms with E-state index in [1.165, 1.54) is 12.0 Å². The first-order valence-corrected chi connectivity index (χ1v) is 8.29. The molecule has 2 heterocycles. The van der Waals surface area contributed by atoms with Gasteiger partial charge in [0, 0.05) is 23.1 Å². The van der Waals surface area contributed by atoms with Crippen LogP contribution in [0.4, 0.5) is 0 Å². The van der Waals surface area contributed by atoms with Crippen molar-refractivity contribution < 1.29 is 9.53 Å². The number of methoxy groups -OCH3 is 1. The topological polar surface area (TPSA) is 52.1 Å². The maximum Gasteiger partial charge on any atom is 0.305 e. The van der Waals surface area contributed by atoms with Gasteiger partial charge in [0.15, 0.2) is 0 Å². The Morgan fingerprint density at radius 3 is 2.81 bits per heavy atom. The quantitative estimate of drug-likeness (QED) is 0.432. The minimum Gasteiger partial charge on any atom is -0.469 e. The molecule has 0 unspecified atom stereocenters. The summed E-state index contributed by atoms with van der Waals surface area (Å²) in [6.45, 7) is 2.05. The molecule has 0 amide bonds. The van der Waals surface area contributed by atoms with Crippen LogP contribution in [0, 0.1) is 6.92 Å². The fraction of sp³-hybridized carbons (Fsp3) is 0.533. The molecule has 4 nitrogen and oxygen atoms in total. The molecule has 0 saturated carbocycles. The van der Waals surface area contributed by atoms with Crippen molar-refractivity contribution in [1.82, 2.24) is 9.97 Å². The van der Waals surface area contributed by atoms with E-state index in [0.29, 0.717) is 11.6 Å². The van der Waals surface area contributed by atoms with Gasteiger partial charge in [-0.2, -0.15) is 0 Å². The number of halogens is 1. The first-order valence-electron chi connectivity index (χ1n) is 7.09. The molecule has 2 aromatic rings. The van der Waals surface area contributed by atoms with E-state index in [1.807, 2.05) is 13.0 Å². The zero-order valence-corrected chi connectivity index (χ0v) is 13.9. The summed E-state index contributed by atoms with van der Waals surface area (Å²) in [4.78, 5) is 22.1. The maximum absolute atomic E-state index is 11.0. The Labute approximate surface area is 133 Å². The van der Waals surface area contributed by atoms with Crippen molar-refractivity contribution in [2.45, 2.75) is 45.4 Å². The van der Waals surface area contributed by atoms with Crippen LogP contribution in [0.15, 0.2) is 6.07 Å². The molecule has 0 fully saturated rings. The lowest BCUT2D eigenvalue weighted by Gasteiger charge is -2.02. The van der Waals surface area contributed by atoms with Crippen LogP contribution in [-0.4, -0.2) is 23.0 Å². The van der Waals surface area contributed by atoms with Crippen LogP contribution < -0.4 is 0 Å². The van der Waals surface area contributed by atoms with Crippen molar-refractivity contribution in [3.8, 4) is 0 Å². The van der Waals surface area contributed by atoms with Gasteiger partial charge in [-0.15, -0.1) is 11.3 Å². The lowest BCUT2D eigenvalue weighted by atomic mass is 10.1. The molecule has 0 aliphatic heterocycles. The second-order valence-corrected chi connectivity index (χ2v) is 6.59. The summed E-state index contributed by atoms with van der Waals surface area (Å²) < 4.78 is 4.61. The van der Waals surface area contributed by atoms with Crippen LogP contribution in [0.2, 0.25) is 5.15 Å². The van der Waals surface area contributed by atoms with Crippen molar-refractivity contribution in [1.29, 1.82) is 0 Å². The molecular formula is C15H19ClN2O2S. The number of unbranched alkanes of at least 4 members (excludes halogenated alkanes) is 3. The Morgan fingerprint density at radius 1 is 1.29 bits per heavy atom. The van der Waals surface area contributed by atoms with Gasteiger partial charge in [-0.05, 0) is 25.8 Å². The molecule has 6 heteroatoms. The number of rotatable bonds is 7. The Balaban J connectivity index is 1.80. The molecule has 0 radical (unpaired) electrons. The average molecular weight is 327 g/mol. The molecule has 2 rings (SSSR count). The van der Waals surface area contributed by atoms with Gasteiger partial charge in [-0.25, -0.2) is 9.97 Å². The molecule has 0 atom stereocenters. The SMILES string of the molecule is COC(=O)CCCCCCc1nc(Cl)c2cc(C)sc2n1. The summed E-state index contributed by atoms with van der Waals surface area (Å²) in [5.41, 5.74) is 0. The van der Waals surface area contributed by atoms with Crippen molar-refractivity contribution in [3.05, 3.63) is 21.9 Å². The van der Waals surface area contributed by atoms with Gasteiger partial charge in [-0.1, -0.05) is 24.4 Å². The van der Waals surface area contributed by atoms with Crippen LogP contribution in [0.25, 0.3) is 10.2 Å². The van der Waals surface area contributed by atoms with Gasteiger partial charge in [0.05, 0.1) is 7.11 Å². The van der Waals surface area contributed by atoms with Gasteiger partial charge < -0.3 is 4.74 Å². The zero-order valence-electron chi connectivity index (χ0n) is 12.3. The van der Waals surface area contributed by atoms with Gasteiger partial charge in [0.25, 0.3) is 0 Å². The number of carbonyl (C=O) groups is 1. The van der Waals surface area contributed by atoms with E-state index in [2.05, 4.69) is 14.7 Å². The predicted molar refractivity (Wildman–Crippen MR) is 86.0 cm³/mol. The lowest BCUT2D eigenvalue weighted by molar-refractivity contribution is -0.140. The van der Waals surface area contributed by atoms with Crippen molar-refractivity contribution in [2.75, 3.05) is 7.11 Å². The smallest absolute Gasteiger partial charge is 0.305 e. The highest BCUT2D eigenvalue weighted by molar-refractivity contribution is 7.18. The zero-order chi connectivity index (χ0) is 15.2. The Hall–Kier alpha value is -1.20. The molecule has 0 aromatic carbocycles. The fourth-order valence-electron chi connectivity index (χ4n) is 2.17. The minimum atomic E-state index is -0.136. The molecule has 0 spiro atoms. The van der Waals surface area contributed by atoms with Crippen LogP contribution in [-0.2, 0) is 16.0 Å². The van der Waals surface area contributed by atoms with E-state index in [0.717, 1.165) is 48.1 Å². The molecule has 0 saturated heterocycles. The summed E-state index contributed by atoms with van der Waals surface area (Å²) in [5, 5.41) is 1.49. The molecule has 114 valence electrons. The first kappa shape index (κ1) is 16.2. The third-order valence-electron chi connectivity index (χ3n) is 3.27. The standard InChI is InChI=1S/C15H19ClN2O2S/c1-10-9-11-14(16)17-12(18-15(11)21-10)7-5-3-4-6-8-13(19)20-2/h9H,3-8H2,1-2H3. The van der Waals surface area contributed by atoms with Gasteiger partial charge in [0.2, 0.25) is 0 Å². The molecule has 0 aliphatic rings. The van der Waals surface area contributed by atoms with Crippen LogP contribution in [0.5, 0.6) is 0 Å². The van der Waals surface area contributed by atoms with Gasteiger partial charge in [0.1, 0.15) is 15.8 Å². The number of aryl methyl sites for hydroxylation is 2. The molecule has 21 heavy (non-hydrogen) atoms. The monoisotopic (exact) mass is 326 g/mol. The number of hydrogen-bond donors (Lipinski definition) is 0. The van der Waals surface area contributed by atoms with Crippen molar-refractivity contribution >= 4 is 39.1 Å². The second-order valence-electron chi connectivity index (χ2n) is 5.00. The molecule has 0 bridgehead atoms. The molecule has 0 N–H and O–H groups in total. The van der Waals surface area contributed by atoms with Gasteiger partial charge in [-0.3, -0.25) is 4.79 Å². The number of esters is 1. The summed E-state index contributed by atoms with van der Waals surface area (Å²) in [5.74, 6) is 0.672. The maximum atomic E-state index is 11.0. The first-order chi connectivity index (χ1) is 10.1. The summed E-state index contributed by atoms with van der Waals surface area (Å²) in [7, 11) is 1.42. The summed E-state index contributed by atoms with van der Waals surface area (Å²) >= 11 is 7.84. The summed E-state index contributed by atoms with van der Waals surface area (Å²) in [6.07, 6.45) is 5.28. The number of aromatic nitrogens is 2. The number of ether oxygens (including phenoxy) is 1. The number of thiophene rings is 1. The molecule has 0 aliphatic carbocycles. The number of nitrogens with zero attached hydrogens (tertiary/aromatic N) is 2. The Bertz CT molecular complexity index is 627. The predicted octanol–water partition coefficient (Wildman–Crippen LogP) is 4.32. The van der Waals surface area contributed by atoms with E-state index in [1.54, 1.807) is 11.3 Å². The average Bonchev–Trinajstić information content (AvgIpc) is 2.83. The Kier molecular flexibility index (Phi) is 5.94. The highest BCUT2D eigenvalue weighted by Crippen LogP contribution is 2.28. The second kappa shape index (κ2) is 7.71. The van der Waals surface area contributed by atoms with E-state index in [-0.39, 0.29) is 5.97 Å². The highest BCUT2D eigenvalue weighted by atomic mass is 35.5. The lowest BCUT2D eigenvalue weighted by Crippen LogP contribution is -1.99. The number of hydrogen-bond acceptors (Lipinski definition) is 5. The Morgan fingerprint density at radius 2 is 2.05 bits per heavy atom. The van der Waals surface area contributed by atoms with Crippen molar-refractivity contribution in [2.24, 2.45) is 0 Å². The van der Waals surface area contributed by atoms with Crippen molar-refractivity contribution in [3.63, 3.8) is 0 Å². The third-order valence-corrected chi connectivity index (χ3v) is 4.51. The molecule has 2 aromatic heterocycles.